The fourth-order valence-electron chi connectivity index (χ4n) is 2.78. The lowest BCUT2D eigenvalue weighted by atomic mass is 10.1. The second kappa shape index (κ2) is 8.76. The third-order valence-electron chi connectivity index (χ3n) is 4.14. The van der Waals surface area contributed by atoms with Crippen molar-refractivity contribution in [3.05, 3.63) is 69.4 Å². The number of nitrogens with one attached hydrogen (secondary N) is 1. The van der Waals surface area contributed by atoms with E-state index in [9.17, 15) is 4.79 Å². The summed E-state index contributed by atoms with van der Waals surface area (Å²) in [4.78, 5) is 17.8. The fraction of sp³-hybridized carbons (Fsp3) is 0.350. The minimum absolute atomic E-state index is 0.0415. The second-order valence-corrected chi connectivity index (χ2v) is 7.42. The molecule has 0 atom stereocenters. The molecule has 0 fully saturated rings. The Labute approximate surface area is 158 Å². The number of rotatable bonds is 8. The third kappa shape index (κ3) is 4.79. The first-order valence-corrected chi connectivity index (χ1v) is 9.77. The fourth-order valence-corrected chi connectivity index (χ4v) is 3.80. The summed E-state index contributed by atoms with van der Waals surface area (Å²) in [5.41, 5.74) is 3.07. The number of aryl methyl sites for hydroxylation is 2. The quantitative estimate of drug-likeness (QED) is 0.654. The van der Waals surface area contributed by atoms with Gasteiger partial charge in [-0.15, -0.1) is 11.3 Å². The molecule has 1 N–H and O–H groups in total. The van der Waals surface area contributed by atoms with Gasteiger partial charge in [-0.05, 0) is 37.0 Å². The number of benzene rings is 1. The maximum Gasteiger partial charge on any atom is 0.263 e. The van der Waals surface area contributed by atoms with Gasteiger partial charge in [0.1, 0.15) is 4.88 Å². The summed E-state index contributed by atoms with van der Waals surface area (Å²) in [6.07, 6.45) is 6.91. The number of carbonyl (C=O) groups excluding carboxylic acids is 1. The van der Waals surface area contributed by atoms with Crippen molar-refractivity contribution in [2.75, 3.05) is 0 Å². The first-order valence-electron chi connectivity index (χ1n) is 8.95. The Bertz CT molecular complexity index is 855. The Morgan fingerprint density at radius 3 is 2.88 bits per heavy atom. The summed E-state index contributed by atoms with van der Waals surface area (Å²) in [6.45, 7) is 5.30. The Morgan fingerprint density at radius 1 is 1.27 bits per heavy atom. The van der Waals surface area contributed by atoms with Crippen LogP contribution in [0, 0.1) is 6.92 Å². The van der Waals surface area contributed by atoms with Crippen molar-refractivity contribution in [3.8, 4) is 0 Å². The molecule has 0 bridgehead atoms. The van der Waals surface area contributed by atoms with Gasteiger partial charge in [0, 0.05) is 18.9 Å². The van der Waals surface area contributed by atoms with Gasteiger partial charge in [-0.1, -0.05) is 37.6 Å². The number of unbranched alkanes of at least 4 members (excludes halogenated alkanes) is 1. The molecule has 136 valence electrons. The van der Waals surface area contributed by atoms with Gasteiger partial charge >= 0.3 is 0 Å². The average Bonchev–Trinajstić information content (AvgIpc) is 3.28. The summed E-state index contributed by atoms with van der Waals surface area (Å²) in [7, 11) is 0. The van der Waals surface area contributed by atoms with Gasteiger partial charge in [0.15, 0.2) is 0 Å². The molecule has 0 aliphatic rings. The van der Waals surface area contributed by atoms with E-state index >= 15 is 0 Å². The molecule has 6 heteroatoms. The van der Waals surface area contributed by atoms with Crippen molar-refractivity contribution in [1.82, 2.24) is 20.1 Å². The van der Waals surface area contributed by atoms with E-state index in [4.69, 9.17) is 0 Å². The minimum atomic E-state index is -0.0415. The van der Waals surface area contributed by atoms with Gasteiger partial charge in [-0.3, -0.25) is 9.48 Å². The summed E-state index contributed by atoms with van der Waals surface area (Å²) in [5.74, 6) is -0.0415. The average molecular weight is 369 g/mol. The van der Waals surface area contributed by atoms with Crippen molar-refractivity contribution >= 4 is 17.2 Å². The summed E-state index contributed by atoms with van der Waals surface area (Å²) >= 11 is 1.51. The maximum absolute atomic E-state index is 12.5. The van der Waals surface area contributed by atoms with Crippen LogP contribution in [0.4, 0.5) is 0 Å². The van der Waals surface area contributed by atoms with Crippen LogP contribution in [0.1, 0.15) is 51.3 Å². The van der Waals surface area contributed by atoms with E-state index in [0.29, 0.717) is 6.54 Å². The molecule has 26 heavy (non-hydrogen) atoms. The van der Waals surface area contributed by atoms with Crippen molar-refractivity contribution in [1.29, 1.82) is 0 Å². The number of hydrogen-bond donors (Lipinski definition) is 1. The van der Waals surface area contributed by atoms with Crippen molar-refractivity contribution in [2.45, 2.75) is 46.2 Å². The van der Waals surface area contributed by atoms with Gasteiger partial charge in [0.25, 0.3) is 5.91 Å². The Balaban J connectivity index is 1.60. The van der Waals surface area contributed by atoms with Crippen molar-refractivity contribution < 1.29 is 4.79 Å². The summed E-state index contributed by atoms with van der Waals surface area (Å²) in [5, 5.41) is 8.30. The molecule has 2 aromatic heterocycles. The topological polar surface area (TPSA) is 59.8 Å². The lowest BCUT2D eigenvalue weighted by molar-refractivity contribution is 0.0954. The predicted molar refractivity (Wildman–Crippen MR) is 104 cm³/mol. The molecular formula is C20H24N4OS. The largest absolute Gasteiger partial charge is 0.347 e. The molecule has 3 rings (SSSR count). The molecule has 1 amide bonds. The first-order chi connectivity index (χ1) is 12.7. The third-order valence-corrected chi connectivity index (χ3v) is 5.36. The number of nitrogens with zero attached hydrogens (tertiary/aromatic N) is 3. The molecule has 3 aromatic rings. The van der Waals surface area contributed by atoms with Crippen LogP contribution in [0.25, 0.3) is 0 Å². The van der Waals surface area contributed by atoms with Crippen LogP contribution in [0.2, 0.25) is 0 Å². The molecule has 0 aliphatic heterocycles. The summed E-state index contributed by atoms with van der Waals surface area (Å²) in [6, 6.07) is 10.1. The van der Waals surface area contributed by atoms with E-state index in [2.05, 4.69) is 34.5 Å². The molecule has 0 saturated carbocycles. The van der Waals surface area contributed by atoms with Gasteiger partial charge in [-0.2, -0.15) is 5.10 Å². The van der Waals surface area contributed by atoms with Crippen LogP contribution in [0.3, 0.4) is 0 Å². The maximum atomic E-state index is 12.5. The number of amides is 1. The summed E-state index contributed by atoms with van der Waals surface area (Å²) < 4.78 is 1.89. The van der Waals surface area contributed by atoms with Crippen LogP contribution >= 0.6 is 11.3 Å². The number of hydrogen-bond acceptors (Lipinski definition) is 4. The van der Waals surface area contributed by atoms with Crippen molar-refractivity contribution in [3.63, 3.8) is 0 Å². The molecule has 1 aromatic carbocycles. The predicted octanol–water partition coefficient (Wildman–Crippen LogP) is 3.97. The number of thiazole rings is 1. The molecule has 0 unspecified atom stereocenters. The van der Waals surface area contributed by atoms with Gasteiger partial charge in [0.05, 0.1) is 17.2 Å². The zero-order chi connectivity index (χ0) is 18.4. The van der Waals surface area contributed by atoms with E-state index in [-0.39, 0.29) is 5.91 Å². The highest BCUT2D eigenvalue weighted by molar-refractivity contribution is 7.13. The van der Waals surface area contributed by atoms with E-state index in [0.717, 1.165) is 52.5 Å². The van der Waals surface area contributed by atoms with E-state index in [1.165, 1.54) is 11.3 Å². The zero-order valence-electron chi connectivity index (χ0n) is 15.2. The van der Waals surface area contributed by atoms with E-state index in [1.54, 1.807) is 6.20 Å². The van der Waals surface area contributed by atoms with Crippen LogP contribution in [-0.2, 0) is 19.5 Å². The standard InChI is InChI=1S/C20H24N4OS/c1-3-4-9-18-23-15(2)19(26-18)20(25)21-13-16-7-5-8-17(12-16)14-24-11-6-10-22-24/h5-8,10-12H,3-4,9,13-14H2,1-2H3,(H,21,25). The highest BCUT2D eigenvalue weighted by Crippen LogP contribution is 2.20. The second-order valence-electron chi connectivity index (χ2n) is 6.33. The normalized spacial score (nSPS) is 10.8. The minimum Gasteiger partial charge on any atom is -0.347 e. The van der Waals surface area contributed by atoms with Crippen LogP contribution in [0.5, 0.6) is 0 Å². The van der Waals surface area contributed by atoms with Crippen LogP contribution in [0.15, 0.2) is 42.7 Å². The first kappa shape index (κ1) is 18.3. The smallest absolute Gasteiger partial charge is 0.263 e. The highest BCUT2D eigenvalue weighted by atomic mass is 32.1. The zero-order valence-corrected chi connectivity index (χ0v) is 16.1. The number of carbonyl (C=O) groups is 1. The van der Waals surface area contributed by atoms with E-state index in [1.807, 2.05) is 36.0 Å². The lowest BCUT2D eigenvalue weighted by Crippen LogP contribution is -2.22. The Morgan fingerprint density at radius 2 is 2.12 bits per heavy atom. The molecule has 0 aliphatic carbocycles. The van der Waals surface area contributed by atoms with Crippen LogP contribution < -0.4 is 5.32 Å². The SMILES string of the molecule is CCCCc1nc(C)c(C(=O)NCc2cccc(Cn3cccn3)c2)s1. The van der Waals surface area contributed by atoms with Gasteiger partial charge in [-0.25, -0.2) is 4.98 Å². The van der Waals surface area contributed by atoms with E-state index < -0.39 is 0 Å². The van der Waals surface area contributed by atoms with Crippen molar-refractivity contribution in [2.24, 2.45) is 0 Å². The van der Waals surface area contributed by atoms with Crippen LogP contribution in [-0.4, -0.2) is 20.7 Å². The monoisotopic (exact) mass is 368 g/mol. The Kier molecular flexibility index (Phi) is 6.17. The van der Waals surface area contributed by atoms with Gasteiger partial charge < -0.3 is 5.32 Å². The molecule has 0 saturated heterocycles. The highest BCUT2D eigenvalue weighted by Gasteiger charge is 2.14. The molecular weight excluding hydrogens is 344 g/mol. The number of aromatic nitrogens is 3. The van der Waals surface area contributed by atoms with Gasteiger partial charge in [0.2, 0.25) is 0 Å². The molecule has 2 heterocycles. The molecule has 0 spiro atoms. The molecule has 5 nitrogen and oxygen atoms in total. The Hall–Kier alpha value is -2.47. The molecule has 0 radical (unpaired) electrons. The lowest BCUT2D eigenvalue weighted by Gasteiger charge is -2.07.